The van der Waals surface area contributed by atoms with Crippen LogP contribution in [0.2, 0.25) is 0 Å². The first-order valence-corrected chi connectivity index (χ1v) is 5.82. The first kappa shape index (κ1) is 8.49. The van der Waals surface area contributed by atoms with Gasteiger partial charge in [-0.2, -0.15) is 0 Å². The second-order valence-electron chi connectivity index (χ2n) is 4.06. The fourth-order valence-corrected chi connectivity index (χ4v) is 3.44. The van der Waals surface area contributed by atoms with Crippen molar-refractivity contribution in [1.82, 2.24) is 0 Å². The molecule has 0 amide bonds. The summed E-state index contributed by atoms with van der Waals surface area (Å²) in [5.74, 6) is 1.18. The van der Waals surface area contributed by atoms with E-state index in [-0.39, 0.29) is 0 Å². The van der Waals surface area contributed by atoms with Crippen LogP contribution in [0.3, 0.4) is 0 Å². The maximum atomic E-state index is 4.19. The van der Waals surface area contributed by atoms with Crippen LogP contribution < -0.4 is 0 Å². The van der Waals surface area contributed by atoms with Crippen LogP contribution in [-0.2, 0) is 0 Å². The Bertz CT molecular complexity index is 442. The van der Waals surface area contributed by atoms with E-state index in [4.69, 9.17) is 0 Å². The van der Waals surface area contributed by atoms with Crippen molar-refractivity contribution in [3.8, 4) is 0 Å². The average molecular weight is 247 g/mol. The molecule has 0 heterocycles. The number of halogens is 1. The third-order valence-corrected chi connectivity index (χ3v) is 4.00. The van der Waals surface area contributed by atoms with Crippen LogP contribution in [0.1, 0.15) is 29.4 Å². The molecule has 2 atom stereocenters. The molecule has 1 saturated carbocycles. The van der Waals surface area contributed by atoms with Gasteiger partial charge in [-0.3, -0.25) is 0 Å². The lowest BCUT2D eigenvalue weighted by Gasteiger charge is -2.19. The summed E-state index contributed by atoms with van der Waals surface area (Å²) in [6, 6.07) is 8.76. The van der Waals surface area contributed by atoms with Gasteiger partial charge >= 0.3 is 0 Å². The number of fused-ring (bicyclic) bond motifs is 5. The standard InChI is InChI=1S/C13H11Br/c1-8-11-6-12(13(8)7-14)10-5-3-2-4-9(10)11/h2-5,7,11-12H,1,6H2/b13-7-/t11-,12+/m1/s1. The van der Waals surface area contributed by atoms with Crippen LogP contribution in [0, 0.1) is 0 Å². The molecule has 0 aliphatic heterocycles. The topological polar surface area (TPSA) is 0 Å². The Labute approximate surface area is 92.5 Å². The Morgan fingerprint density at radius 2 is 1.86 bits per heavy atom. The Morgan fingerprint density at radius 1 is 1.21 bits per heavy atom. The lowest BCUT2D eigenvalue weighted by atomic mass is 9.86. The normalized spacial score (nSPS) is 31.2. The fraction of sp³-hybridized carbons (Fsp3) is 0.231. The molecule has 1 heteroatoms. The average Bonchev–Trinajstić information content (AvgIpc) is 2.74. The van der Waals surface area contributed by atoms with Crippen LogP contribution in [0.25, 0.3) is 0 Å². The molecule has 0 N–H and O–H groups in total. The summed E-state index contributed by atoms with van der Waals surface area (Å²) >= 11 is 3.45. The van der Waals surface area contributed by atoms with Crippen molar-refractivity contribution in [3.63, 3.8) is 0 Å². The maximum absolute atomic E-state index is 4.19. The lowest BCUT2D eigenvalue weighted by molar-refractivity contribution is 0.809. The molecule has 1 aromatic rings. The molecule has 2 aliphatic carbocycles. The second kappa shape index (κ2) is 2.83. The summed E-state index contributed by atoms with van der Waals surface area (Å²) < 4.78 is 0. The minimum Gasteiger partial charge on any atom is -0.0949 e. The number of allylic oxidation sites excluding steroid dienone is 2. The van der Waals surface area contributed by atoms with Gasteiger partial charge < -0.3 is 0 Å². The van der Waals surface area contributed by atoms with Gasteiger partial charge in [0.15, 0.2) is 0 Å². The Morgan fingerprint density at radius 3 is 2.50 bits per heavy atom. The van der Waals surface area contributed by atoms with Crippen molar-refractivity contribution in [2.75, 3.05) is 0 Å². The third-order valence-electron chi connectivity index (χ3n) is 3.50. The zero-order valence-electron chi connectivity index (χ0n) is 7.83. The molecule has 1 fully saturated rings. The molecule has 0 saturated heterocycles. The minimum atomic E-state index is 0.583. The van der Waals surface area contributed by atoms with E-state index in [1.807, 2.05) is 0 Å². The van der Waals surface area contributed by atoms with E-state index < -0.39 is 0 Å². The first-order chi connectivity index (χ1) is 6.83. The van der Waals surface area contributed by atoms with E-state index >= 15 is 0 Å². The molecule has 0 radical (unpaired) electrons. The molecular weight excluding hydrogens is 236 g/mol. The predicted octanol–water partition coefficient (Wildman–Crippen LogP) is 4.11. The van der Waals surface area contributed by atoms with Crippen LogP contribution in [0.4, 0.5) is 0 Å². The van der Waals surface area contributed by atoms with E-state index in [0.29, 0.717) is 11.8 Å². The van der Waals surface area contributed by atoms with E-state index in [0.717, 1.165) is 0 Å². The number of benzene rings is 1. The predicted molar refractivity (Wildman–Crippen MR) is 62.7 cm³/mol. The quantitative estimate of drug-likeness (QED) is 0.647. The van der Waals surface area contributed by atoms with Crippen LogP contribution >= 0.6 is 15.9 Å². The van der Waals surface area contributed by atoms with Crippen molar-refractivity contribution in [2.45, 2.75) is 18.3 Å². The Hall–Kier alpha value is -0.820. The fourth-order valence-electron chi connectivity index (χ4n) is 2.83. The molecule has 0 aromatic heterocycles. The van der Waals surface area contributed by atoms with Crippen molar-refractivity contribution in [1.29, 1.82) is 0 Å². The number of rotatable bonds is 0. The maximum Gasteiger partial charge on any atom is 0.0109 e. The zero-order valence-corrected chi connectivity index (χ0v) is 9.42. The second-order valence-corrected chi connectivity index (χ2v) is 4.52. The Kier molecular flexibility index (Phi) is 1.72. The van der Waals surface area contributed by atoms with Crippen LogP contribution in [0.5, 0.6) is 0 Å². The molecule has 14 heavy (non-hydrogen) atoms. The number of hydrogen-bond donors (Lipinski definition) is 0. The summed E-state index contributed by atoms with van der Waals surface area (Å²) in [7, 11) is 0. The molecule has 0 spiro atoms. The largest absolute Gasteiger partial charge is 0.0949 e. The smallest absolute Gasteiger partial charge is 0.0109 e. The lowest BCUT2D eigenvalue weighted by Crippen LogP contribution is -2.02. The Balaban J connectivity index is 2.23. The summed E-state index contributed by atoms with van der Waals surface area (Å²) in [6.07, 6.45) is 1.23. The monoisotopic (exact) mass is 246 g/mol. The van der Waals surface area contributed by atoms with E-state index in [1.165, 1.54) is 28.7 Å². The highest BCUT2D eigenvalue weighted by Gasteiger charge is 2.42. The molecule has 2 bridgehead atoms. The van der Waals surface area contributed by atoms with Crippen LogP contribution in [0.15, 0.2) is 47.0 Å². The molecule has 0 unspecified atom stereocenters. The molecule has 3 rings (SSSR count). The molecule has 0 nitrogen and oxygen atoms in total. The van der Waals surface area contributed by atoms with Crippen LogP contribution in [-0.4, -0.2) is 0 Å². The third kappa shape index (κ3) is 0.885. The van der Waals surface area contributed by atoms with E-state index in [2.05, 4.69) is 51.8 Å². The van der Waals surface area contributed by atoms with Crippen molar-refractivity contribution in [2.24, 2.45) is 0 Å². The van der Waals surface area contributed by atoms with E-state index in [1.54, 1.807) is 0 Å². The highest BCUT2D eigenvalue weighted by Crippen LogP contribution is 2.58. The van der Waals surface area contributed by atoms with Crippen molar-refractivity contribution in [3.05, 3.63) is 58.1 Å². The number of hydrogen-bond acceptors (Lipinski definition) is 0. The van der Waals surface area contributed by atoms with Gasteiger partial charge in [0.05, 0.1) is 0 Å². The van der Waals surface area contributed by atoms with Crippen molar-refractivity contribution >= 4 is 15.9 Å². The summed E-state index contributed by atoms with van der Waals surface area (Å²) in [5, 5.41) is 0. The first-order valence-electron chi connectivity index (χ1n) is 4.91. The molecule has 70 valence electrons. The highest BCUT2D eigenvalue weighted by atomic mass is 79.9. The van der Waals surface area contributed by atoms with E-state index in [9.17, 15) is 0 Å². The van der Waals surface area contributed by atoms with Gasteiger partial charge in [-0.05, 0) is 33.7 Å². The van der Waals surface area contributed by atoms with Gasteiger partial charge in [0, 0.05) is 11.8 Å². The molecule has 2 aliphatic rings. The molecular formula is C13H11Br. The van der Waals surface area contributed by atoms with Gasteiger partial charge in [-0.25, -0.2) is 0 Å². The SMILES string of the molecule is C=C1/C(=C/Br)[C@H]2C[C@H]1c1ccccc12. The van der Waals surface area contributed by atoms with Gasteiger partial charge in [0.25, 0.3) is 0 Å². The summed E-state index contributed by atoms with van der Waals surface area (Å²) in [6.45, 7) is 4.19. The minimum absolute atomic E-state index is 0.583. The summed E-state index contributed by atoms with van der Waals surface area (Å²) in [4.78, 5) is 2.05. The zero-order chi connectivity index (χ0) is 9.71. The molecule has 1 aromatic carbocycles. The van der Waals surface area contributed by atoms with Gasteiger partial charge in [-0.15, -0.1) is 0 Å². The van der Waals surface area contributed by atoms with Gasteiger partial charge in [0.2, 0.25) is 0 Å². The summed E-state index contributed by atoms with van der Waals surface area (Å²) in [5.41, 5.74) is 5.72. The van der Waals surface area contributed by atoms with Crippen molar-refractivity contribution < 1.29 is 0 Å². The highest BCUT2D eigenvalue weighted by molar-refractivity contribution is 9.11. The van der Waals surface area contributed by atoms with Gasteiger partial charge in [-0.1, -0.05) is 46.8 Å². The van der Waals surface area contributed by atoms with Gasteiger partial charge in [0.1, 0.15) is 0 Å².